The number of carboxylic acid groups (broad SMARTS) is 1. The van der Waals surface area contributed by atoms with E-state index >= 15 is 0 Å². The van der Waals surface area contributed by atoms with E-state index in [1.54, 1.807) is 24.3 Å². The lowest BCUT2D eigenvalue weighted by atomic mass is 10.1. The third-order valence-electron chi connectivity index (χ3n) is 4.52. The largest absolute Gasteiger partial charge is 0.489 e. The van der Waals surface area contributed by atoms with Gasteiger partial charge >= 0.3 is 11.6 Å². The first kappa shape index (κ1) is 15.4. The van der Waals surface area contributed by atoms with Crippen LogP contribution in [0.2, 0.25) is 0 Å². The molecule has 0 atom stereocenters. The minimum absolute atomic E-state index is 0.223. The van der Waals surface area contributed by atoms with Gasteiger partial charge in [-0.1, -0.05) is 12.1 Å². The van der Waals surface area contributed by atoms with E-state index < -0.39 is 5.97 Å². The Labute approximate surface area is 143 Å². The van der Waals surface area contributed by atoms with Gasteiger partial charge < -0.3 is 14.3 Å². The molecule has 0 saturated heterocycles. The molecule has 0 unspecified atom stereocenters. The Morgan fingerprint density at radius 3 is 2.80 bits per heavy atom. The Hall–Kier alpha value is -3.08. The quantitative estimate of drug-likeness (QED) is 0.737. The van der Waals surface area contributed by atoms with E-state index in [1.165, 1.54) is 6.07 Å². The Kier molecular flexibility index (Phi) is 3.76. The van der Waals surface area contributed by atoms with Crippen molar-refractivity contribution in [2.24, 2.45) is 0 Å². The van der Waals surface area contributed by atoms with Crippen LogP contribution in [0.3, 0.4) is 0 Å². The number of aromatic carboxylic acids is 1. The highest BCUT2D eigenvalue weighted by Gasteiger charge is 2.19. The second-order valence-electron chi connectivity index (χ2n) is 6.15. The van der Waals surface area contributed by atoms with Crippen molar-refractivity contribution in [2.75, 3.05) is 0 Å². The third kappa shape index (κ3) is 2.89. The van der Waals surface area contributed by atoms with Crippen LogP contribution in [0.25, 0.3) is 11.0 Å². The fourth-order valence-electron chi connectivity index (χ4n) is 3.31. The molecule has 1 aliphatic carbocycles. The van der Waals surface area contributed by atoms with Crippen molar-refractivity contribution in [3.63, 3.8) is 0 Å². The number of carboxylic acids is 1. The molecule has 0 radical (unpaired) electrons. The molecular formula is C20H16O5. The van der Waals surface area contributed by atoms with Gasteiger partial charge in [0.15, 0.2) is 0 Å². The average molecular weight is 336 g/mol. The van der Waals surface area contributed by atoms with E-state index in [0.29, 0.717) is 11.3 Å². The predicted octanol–water partition coefficient (Wildman–Crippen LogP) is 3.56. The fourth-order valence-corrected chi connectivity index (χ4v) is 3.31. The summed E-state index contributed by atoms with van der Waals surface area (Å²) in [6, 6.07) is 12.1. The van der Waals surface area contributed by atoms with Crippen LogP contribution in [0.4, 0.5) is 0 Å². The normalized spacial score (nSPS) is 13.0. The maximum atomic E-state index is 12.1. The highest BCUT2D eigenvalue weighted by molar-refractivity contribution is 5.87. The summed E-state index contributed by atoms with van der Waals surface area (Å²) < 4.78 is 11.2. The van der Waals surface area contributed by atoms with Crippen LogP contribution in [0.1, 0.15) is 33.5 Å². The van der Waals surface area contributed by atoms with Gasteiger partial charge in [0, 0.05) is 17.0 Å². The molecule has 0 saturated carbocycles. The van der Waals surface area contributed by atoms with E-state index in [1.807, 2.05) is 12.1 Å². The van der Waals surface area contributed by atoms with E-state index in [2.05, 4.69) is 0 Å². The molecule has 1 heterocycles. The predicted molar refractivity (Wildman–Crippen MR) is 92.2 cm³/mol. The second kappa shape index (κ2) is 6.09. The number of rotatable bonds is 4. The summed E-state index contributed by atoms with van der Waals surface area (Å²) in [5, 5.41) is 10.00. The number of carbonyl (C=O) groups is 1. The standard InChI is InChI=1S/C20H16O5/c21-19(22)13-4-1-3-12(9-13)11-24-14-7-8-16-15-5-2-6-17(15)20(23)25-18(16)10-14/h1,3-4,7-10H,2,5-6,11H2,(H,21,22). The van der Waals surface area contributed by atoms with Crippen LogP contribution in [0.5, 0.6) is 5.75 Å². The van der Waals surface area contributed by atoms with Crippen LogP contribution in [-0.4, -0.2) is 11.1 Å². The minimum atomic E-state index is -0.969. The van der Waals surface area contributed by atoms with Crippen molar-refractivity contribution in [2.45, 2.75) is 25.9 Å². The second-order valence-corrected chi connectivity index (χ2v) is 6.15. The maximum Gasteiger partial charge on any atom is 0.339 e. The summed E-state index contributed by atoms with van der Waals surface area (Å²) in [5.41, 5.74) is 3.14. The van der Waals surface area contributed by atoms with Crippen LogP contribution in [0, 0.1) is 0 Å². The SMILES string of the molecule is O=C(O)c1cccc(COc2ccc3c4c(c(=O)oc3c2)CCC4)c1. The molecule has 2 aromatic carbocycles. The molecule has 1 aromatic heterocycles. The van der Waals surface area contributed by atoms with Gasteiger partial charge in [0.25, 0.3) is 0 Å². The summed E-state index contributed by atoms with van der Waals surface area (Å²) in [5.74, 6) is -0.391. The first-order valence-corrected chi connectivity index (χ1v) is 8.15. The molecule has 0 spiro atoms. The van der Waals surface area contributed by atoms with Crippen molar-refractivity contribution in [3.05, 3.63) is 75.1 Å². The molecule has 1 aliphatic rings. The third-order valence-corrected chi connectivity index (χ3v) is 4.52. The molecule has 5 nitrogen and oxygen atoms in total. The van der Waals surface area contributed by atoms with E-state index in [0.717, 1.165) is 41.3 Å². The molecule has 0 bridgehead atoms. The van der Waals surface area contributed by atoms with Crippen LogP contribution < -0.4 is 10.4 Å². The Bertz CT molecular complexity index is 1030. The van der Waals surface area contributed by atoms with Gasteiger partial charge in [0.2, 0.25) is 0 Å². The summed E-state index contributed by atoms with van der Waals surface area (Å²) >= 11 is 0. The Balaban J connectivity index is 1.60. The van der Waals surface area contributed by atoms with Crippen molar-refractivity contribution >= 4 is 16.9 Å². The highest BCUT2D eigenvalue weighted by atomic mass is 16.5. The Morgan fingerprint density at radius 1 is 1.12 bits per heavy atom. The number of ether oxygens (including phenoxy) is 1. The summed E-state index contributed by atoms with van der Waals surface area (Å²) in [4.78, 5) is 23.1. The molecule has 126 valence electrons. The topological polar surface area (TPSA) is 76.7 Å². The number of hydrogen-bond donors (Lipinski definition) is 1. The summed E-state index contributed by atoms with van der Waals surface area (Å²) in [6.45, 7) is 0.238. The first-order chi connectivity index (χ1) is 12.1. The molecule has 5 heteroatoms. The van der Waals surface area contributed by atoms with Crippen molar-refractivity contribution in [1.82, 2.24) is 0 Å². The van der Waals surface area contributed by atoms with Gasteiger partial charge in [-0.25, -0.2) is 9.59 Å². The number of fused-ring (bicyclic) bond motifs is 3. The lowest BCUT2D eigenvalue weighted by molar-refractivity contribution is 0.0696. The smallest absolute Gasteiger partial charge is 0.339 e. The molecule has 3 aromatic rings. The molecule has 1 N–H and O–H groups in total. The maximum absolute atomic E-state index is 12.1. The van der Waals surface area contributed by atoms with Gasteiger partial charge in [-0.05, 0) is 54.7 Å². The van der Waals surface area contributed by atoms with Crippen molar-refractivity contribution < 1.29 is 19.1 Å². The number of aryl methyl sites for hydroxylation is 1. The summed E-state index contributed by atoms with van der Waals surface area (Å²) in [7, 11) is 0. The molecule has 0 amide bonds. The molecular weight excluding hydrogens is 320 g/mol. The number of benzene rings is 2. The van der Waals surface area contributed by atoms with E-state index in [4.69, 9.17) is 14.3 Å². The van der Waals surface area contributed by atoms with Crippen molar-refractivity contribution in [3.8, 4) is 5.75 Å². The molecule has 0 fully saturated rings. The van der Waals surface area contributed by atoms with Gasteiger partial charge in [-0.15, -0.1) is 0 Å². The fraction of sp³-hybridized carbons (Fsp3) is 0.200. The van der Waals surface area contributed by atoms with Gasteiger partial charge in [0.1, 0.15) is 17.9 Å². The minimum Gasteiger partial charge on any atom is -0.489 e. The molecule has 25 heavy (non-hydrogen) atoms. The van der Waals surface area contributed by atoms with Gasteiger partial charge in [-0.2, -0.15) is 0 Å². The van der Waals surface area contributed by atoms with Crippen LogP contribution in [0.15, 0.2) is 51.7 Å². The van der Waals surface area contributed by atoms with Crippen LogP contribution in [-0.2, 0) is 19.4 Å². The van der Waals surface area contributed by atoms with Gasteiger partial charge in [-0.3, -0.25) is 0 Å². The molecule has 0 aliphatic heterocycles. The lowest BCUT2D eigenvalue weighted by Crippen LogP contribution is -2.07. The van der Waals surface area contributed by atoms with E-state index in [9.17, 15) is 9.59 Å². The average Bonchev–Trinajstić information content (AvgIpc) is 3.11. The first-order valence-electron chi connectivity index (χ1n) is 8.15. The van der Waals surface area contributed by atoms with Crippen molar-refractivity contribution in [1.29, 1.82) is 0 Å². The number of hydrogen-bond acceptors (Lipinski definition) is 4. The van der Waals surface area contributed by atoms with Crippen LogP contribution >= 0.6 is 0 Å². The monoisotopic (exact) mass is 336 g/mol. The van der Waals surface area contributed by atoms with E-state index in [-0.39, 0.29) is 17.8 Å². The zero-order valence-electron chi connectivity index (χ0n) is 13.5. The lowest BCUT2D eigenvalue weighted by Gasteiger charge is -2.09. The summed E-state index contributed by atoms with van der Waals surface area (Å²) in [6.07, 6.45) is 2.67. The van der Waals surface area contributed by atoms with Gasteiger partial charge in [0.05, 0.1) is 5.56 Å². The highest BCUT2D eigenvalue weighted by Crippen LogP contribution is 2.29. The zero-order chi connectivity index (χ0) is 17.4. The zero-order valence-corrected chi connectivity index (χ0v) is 13.5. The Morgan fingerprint density at radius 2 is 1.96 bits per heavy atom. The molecule has 4 rings (SSSR count).